The predicted octanol–water partition coefficient (Wildman–Crippen LogP) is 7.97. The number of carbonyl (C=O) groups excluding carboxylic acids is 1. The van der Waals surface area contributed by atoms with Gasteiger partial charge >= 0.3 is 0 Å². The zero-order valence-electron chi connectivity index (χ0n) is 19.4. The highest BCUT2D eigenvalue weighted by Crippen LogP contribution is 2.40. The first kappa shape index (κ1) is 22.9. The number of azo groups is 1. The van der Waals surface area contributed by atoms with Gasteiger partial charge in [-0.3, -0.25) is 4.79 Å². The number of aromatic nitrogens is 2. The Bertz CT molecular complexity index is 1610. The van der Waals surface area contributed by atoms with E-state index in [0.717, 1.165) is 32.9 Å². The fraction of sp³-hybridized carbons (Fsp3) is 0.143. The predicted molar refractivity (Wildman–Crippen MR) is 142 cm³/mol. The molecule has 0 bridgehead atoms. The molecule has 5 rings (SSSR count). The van der Waals surface area contributed by atoms with Gasteiger partial charge in [0.05, 0.1) is 22.3 Å². The average molecular weight is 527 g/mol. The summed E-state index contributed by atoms with van der Waals surface area (Å²) in [5.74, 6) is -0.497. The number of fused-ring (bicyclic) bond motifs is 2. The van der Waals surface area contributed by atoms with Gasteiger partial charge in [0.1, 0.15) is 0 Å². The largest absolute Gasteiger partial charge is 0.493 e. The summed E-state index contributed by atoms with van der Waals surface area (Å²) in [5.41, 5.74) is 4.85. The minimum atomic E-state index is -0.494. The van der Waals surface area contributed by atoms with Crippen LogP contribution in [-0.2, 0) is 6.54 Å². The molecule has 1 N–H and O–H groups in total. The molecule has 0 saturated heterocycles. The van der Waals surface area contributed by atoms with Crippen molar-refractivity contribution in [3.63, 3.8) is 0 Å². The Hall–Kier alpha value is -3.84. The number of pyridine rings is 1. The zero-order valence-corrected chi connectivity index (χ0v) is 21.0. The highest BCUT2D eigenvalue weighted by Gasteiger charge is 2.18. The monoisotopic (exact) mass is 526 g/mol. The molecule has 0 atom stereocenters. The van der Waals surface area contributed by atoms with Gasteiger partial charge in [0.2, 0.25) is 5.88 Å². The quantitative estimate of drug-likeness (QED) is 0.236. The Morgan fingerprint density at radius 3 is 2.60 bits per heavy atom. The van der Waals surface area contributed by atoms with E-state index in [0.29, 0.717) is 28.7 Å². The molecule has 2 aromatic heterocycles. The third kappa shape index (κ3) is 4.35. The molecule has 0 aliphatic carbocycles. The number of benzene rings is 3. The van der Waals surface area contributed by atoms with Gasteiger partial charge in [0.25, 0.3) is 5.91 Å². The molecule has 0 aliphatic heterocycles. The van der Waals surface area contributed by atoms with Gasteiger partial charge < -0.3 is 9.67 Å². The molecule has 0 aliphatic rings. The smallest absolute Gasteiger partial charge is 0.296 e. The molecule has 7 heteroatoms. The summed E-state index contributed by atoms with van der Waals surface area (Å²) in [7, 11) is 0. The van der Waals surface area contributed by atoms with Gasteiger partial charge in [-0.05, 0) is 49.7 Å². The van der Waals surface area contributed by atoms with E-state index in [4.69, 9.17) is 4.98 Å². The Morgan fingerprint density at radius 1 is 1.03 bits per heavy atom. The molecule has 0 fully saturated rings. The summed E-state index contributed by atoms with van der Waals surface area (Å²) in [6, 6.07) is 23.0. The fourth-order valence-corrected chi connectivity index (χ4v) is 4.63. The van der Waals surface area contributed by atoms with Crippen LogP contribution < -0.4 is 0 Å². The van der Waals surface area contributed by atoms with Crippen molar-refractivity contribution in [2.45, 2.75) is 26.8 Å². The zero-order chi connectivity index (χ0) is 24.5. The first-order valence-electron chi connectivity index (χ1n) is 11.4. The van der Waals surface area contributed by atoms with Gasteiger partial charge in [-0.2, -0.15) is 0 Å². The maximum atomic E-state index is 13.4. The first-order chi connectivity index (χ1) is 17.0. The summed E-state index contributed by atoms with van der Waals surface area (Å²) in [4.78, 5) is 18.2. The Kier molecular flexibility index (Phi) is 6.17. The number of halogens is 1. The van der Waals surface area contributed by atoms with Gasteiger partial charge in [-0.25, -0.2) is 4.98 Å². The lowest BCUT2D eigenvalue weighted by Crippen LogP contribution is -1.99. The van der Waals surface area contributed by atoms with Crippen molar-refractivity contribution in [1.29, 1.82) is 0 Å². The summed E-state index contributed by atoms with van der Waals surface area (Å²) in [6.45, 7) is 4.64. The molecule has 0 spiro atoms. The minimum Gasteiger partial charge on any atom is -0.493 e. The van der Waals surface area contributed by atoms with Crippen molar-refractivity contribution in [2.75, 3.05) is 0 Å². The average Bonchev–Trinajstić information content (AvgIpc) is 3.12. The van der Waals surface area contributed by atoms with Crippen LogP contribution in [0.3, 0.4) is 0 Å². The lowest BCUT2D eigenvalue weighted by Gasteiger charge is -2.08. The number of aryl methyl sites for hydroxylation is 2. The van der Waals surface area contributed by atoms with E-state index in [1.807, 2.05) is 80.6 Å². The van der Waals surface area contributed by atoms with Crippen LogP contribution in [0.1, 0.15) is 29.3 Å². The molecule has 6 nitrogen and oxygen atoms in total. The third-order valence-electron chi connectivity index (χ3n) is 5.92. The van der Waals surface area contributed by atoms with E-state index in [-0.39, 0.29) is 11.6 Å². The summed E-state index contributed by atoms with van der Waals surface area (Å²) in [6.07, 6.45) is 0.841. The lowest BCUT2D eigenvalue weighted by molar-refractivity contribution is 0.0996. The molecule has 0 radical (unpaired) electrons. The Balaban J connectivity index is 1.63. The molecular weight excluding hydrogens is 504 g/mol. The number of hydrogen-bond donors (Lipinski definition) is 1. The number of hydrogen-bond acceptors (Lipinski definition) is 4. The van der Waals surface area contributed by atoms with Crippen LogP contribution in [0.15, 0.2) is 87.5 Å². The van der Waals surface area contributed by atoms with Crippen molar-refractivity contribution in [1.82, 2.24) is 9.55 Å². The minimum absolute atomic E-state index is 0.00287. The second-order valence-electron chi connectivity index (χ2n) is 8.43. The van der Waals surface area contributed by atoms with E-state index in [2.05, 4.69) is 26.2 Å². The van der Waals surface area contributed by atoms with Crippen LogP contribution >= 0.6 is 15.9 Å². The molecule has 3 aromatic carbocycles. The normalized spacial score (nSPS) is 11.6. The molecule has 2 heterocycles. The van der Waals surface area contributed by atoms with Crippen LogP contribution in [-0.4, -0.2) is 20.6 Å². The van der Waals surface area contributed by atoms with Gasteiger partial charge in [-0.1, -0.05) is 64.8 Å². The number of carbonyl (C=O) groups is 1. The molecule has 0 saturated carbocycles. The standard InChI is InChI=1S/C28H23BrN4O2/c1-3-13-33-25-12-10-19(29)15-22(25)26(28(33)35)31-32-27(34)21-16-24(18-7-5-4-6-8-18)30-23-11-9-17(2)14-20(21)23/h4-12,14-16,35H,3,13H2,1-2H3. The SMILES string of the molecule is CCCn1c(O)c(N=NC(=O)c2cc(-c3ccccc3)nc3ccc(C)cc23)c2cc(Br)ccc21. The Labute approximate surface area is 211 Å². The number of nitrogens with zero attached hydrogens (tertiary/aromatic N) is 4. The van der Waals surface area contributed by atoms with Crippen LogP contribution in [0.25, 0.3) is 33.1 Å². The second-order valence-corrected chi connectivity index (χ2v) is 9.35. The summed E-state index contributed by atoms with van der Waals surface area (Å²) < 4.78 is 2.64. The van der Waals surface area contributed by atoms with Crippen molar-refractivity contribution >= 4 is 49.3 Å². The molecular formula is C28H23BrN4O2. The van der Waals surface area contributed by atoms with Crippen molar-refractivity contribution in [2.24, 2.45) is 10.2 Å². The number of aromatic hydroxyl groups is 1. The van der Waals surface area contributed by atoms with E-state index in [9.17, 15) is 9.90 Å². The van der Waals surface area contributed by atoms with E-state index in [1.54, 1.807) is 10.6 Å². The Morgan fingerprint density at radius 2 is 1.83 bits per heavy atom. The first-order valence-corrected chi connectivity index (χ1v) is 12.2. The van der Waals surface area contributed by atoms with E-state index in [1.165, 1.54) is 0 Å². The van der Waals surface area contributed by atoms with Crippen molar-refractivity contribution in [3.05, 3.63) is 88.4 Å². The van der Waals surface area contributed by atoms with Crippen LogP contribution in [0.2, 0.25) is 0 Å². The topological polar surface area (TPSA) is 79.8 Å². The fourth-order valence-electron chi connectivity index (χ4n) is 4.27. The molecule has 0 unspecified atom stereocenters. The lowest BCUT2D eigenvalue weighted by atomic mass is 10.0. The maximum Gasteiger partial charge on any atom is 0.296 e. The van der Waals surface area contributed by atoms with Crippen LogP contribution in [0.4, 0.5) is 5.69 Å². The highest BCUT2D eigenvalue weighted by atomic mass is 79.9. The third-order valence-corrected chi connectivity index (χ3v) is 6.42. The second kappa shape index (κ2) is 9.43. The van der Waals surface area contributed by atoms with Gasteiger partial charge in [0.15, 0.2) is 5.69 Å². The molecule has 35 heavy (non-hydrogen) atoms. The highest BCUT2D eigenvalue weighted by molar-refractivity contribution is 9.10. The van der Waals surface area contributed by atoms with E-state index >= 15 is 0 Å². The van der Waals surface area contributed by atoms with Gasteiger partial charge in [0, 0.05) is 27.4 Å². The molecule has 1 amide bonds. The molecule has 5 aromatic rings. The summed E-state index contributed by atoms with van der Waals surface area (Å²) >= 11 is 3.48. The molecule has 174 valence electrons. The van der Waals surface area contributed by atoms with Crippen molar-refractivity contribution < 1.29 is 9.90 Å². The van der Waals surface area contributed by atoms with E-state index < -0.39 is 5.91 Å². The number of amides is 1. The maximum absolute atomic E-state index is 13.4. The number of rotatable bonds is 5. The van der Waals surface area contributed by atoms with Crippen LogP contribution in [0.5, 0.6) is 5.88 Å². The van der Waals surface area contributed by atoms with Crippen molar-refractivity contribution in [3.8, 4) is 17.1 Å². The van der Waals surface area contributed by atoms with Gasteiger partial charge in [-0.15, -0.1) is 10.2 Å². The van der Waals surface area contributed by atoms with Crippen LogP contribution in [0, 0.1) is 6.92 Å². The summed E-state index contributed by atoms with van der Waals surface area (Å²) in [5, 5.41) is 20.6.